The second-order valence-corrected chi connectivity index (χ2v) is 5.62. The molecule has 0 bridgehead atoms. The predicted molar refractivity (Wildman–Crippen MR) is 86.1 cm³/mol. The number of fused-ring (bicyclic) bond motifs is 1. The number of rotatable bonds is 5. The third-order valence-electron chi connectivity index (χ3n) is 3.67. The molecule has 0 amide bonds. The summed E-state index contributed by atoms with van der Waals surface area (Å²) in [6.45, 7) is 0. The van der Waals surface area contributed by atoms with Gasteiger partial charge in [-0.25, -0.2) is 4.98 Å². The average molecular weight is 329 g/mol. The Morgan fingerprint density at radius 1 is 1.26 bits per heavy atom. The first kappa shape index (κ1) is 15.2. The minimum absolute atomic E-state index is 0.298. The van der Waals surface area contributed by atoms with Gasteiger partial charge in [0.15, 0.2) is 6.29 Å². The van der Waals surface area contributed by atoms with Crippen molar-refractivity contribution in [2.75, 3.05) is 0 Å². The lowest BCUT2D eigenvalue weighted by molar-refractivity contribution is -0.138. The number of pyridine rings is 1. The molecule has 3 aromatic rings. The molecule has 1 atom stereocenters. The molecule has 0 fully saturated rings. The monoisotopic (exact) mass is 328 g/mol. The SMILES string of the molecule is O=Cc1cccc2nc(C(Cc3ccc(Cl)cc3)C(=O)O)cn12. The Morgan fingerprint density at radius 3 is 2.65 bits per heavy atom. The molecule has 1 unspecified atom stereocenters. The number of nitrogens with zero attached hydrogens (tertiary/aromatic N) is 2. The summed E-state index contributed by atoms with van der Waals surface area (Å²) in [5, 5.41) is 10.2. The van der Waals surface area contributed by atoms with Crippen molar-refractivity contribution in [2.24, 2.45) is 0 Å². The molecule has 0 radical (unpaired) electrons. The summed E-state index contributed by atoms with van der Waals surface area (Å²) in [4.78, 5) is 27.1. The minimum atomic E-state index is -0.962. The number of imidazole rings is 1. The summed E-state index contributed by atoms with van der Waals surface area (Å²) >= 11 is 5.85. The van der Waals surface area contributed by atoms with Crippen LogP contribution in [0.25, 0.3) is 5.65 Å². The molecule has 0 aliphatic heterocycles. The maximum Gasteiger partial charge on any atom is 0.312 e. The van der Waals surface area contributed by atoms with E-state index in [9.17, 15) is 14.7 Å². The minimum Gasteiger partial charge on any atom is -0.481 e. The van der Waals surface area contributed by atoms with E-state index in [0.29, 0.717) is 34.8 Å². The molecule has 0 aliphatic rings. The topological polar surface area (TPSA) is 71.7 Å². The lowest BCUT2D eigenvalue weighted by atomic mass is 9.97. The Balaban J connectivity index is 1.99. The molecule has 0 aliphatic carbocycles. The normalized spacial score (nSPS) is 12.2. The van der Waals surface area contributed by atoms with Crippen molar-refractivity contribution in [1.29, 1.82) is 0 Å². The zero-order chi connectivity index (χ0) is 16.4. The van der Waals surface area contributed by atoms with Crippen LogP contribution in [0.3, 0.4) is 0 Å². The number of aldehydes is 1. The van der Waals surface area contributed by atoms with Crippen LogP contribution in [-0.2, 0) is 11.2 Å². The molecular formula is C17H13ClN2O3. The fourth-order valence-electron chi connectivity index (χ4n) is 2.49. The summed E-state index contributed by atoms with van der Waals surface area (Å²) in [5.41, 5.74) is 2.25. The number of carboxylic acid groups (broad SMARTS) is 1. The van der Waals surface area contributed by atoms with Crippen molar-refractivity contribution in [3.8, 4) is 0 Å². The van der Waals surface area contributed by atoms with Crippen molar-refractivity contribution < 1.29 is 14.7 Å². The molecule has 5 nitrogen and oxygen atoms in total. The summed E-state index contributed by atoms with van der Waals surface area (Å²) in [5.74, 6) is -1.76. The molecule has 2 heterocycles. The van der Waals surface area contributed by atoms with Crippen LogP contribution in [0, 0.1) is 0 Å². The first-order chi connectivity index (χ1) is 11.1. The van der Waals surface area contributed by atoms with E-state index >= 15 is 0 Å². The van der Waals surface area contributed by atoms with Crippen molar-refractivity contribution in [3.63, 3.8) is 0 Å². The van der Waals surface area contributed by atoms with Crippen LogP contribution in [0.15, 0.2) is 48.7 Å². The first-order valence-electron chi connectivity index (χ1n) is 6.99. The van der Waals surface area contributed by atoms with Gasteiger partial charge >= 0.3 is 5.97 Å². The third kappa shape index (κ3) is 3.10. The maximum absolute atomic E-state index is 11.7. The predicted octanol–water partition coefficient (Wildman–Crippen LogP) is 3.21. The van der Waals surface area contributed by atoms with Gasteiger partial charge < -0.3 is 5.11 Å². The number of carbonyl (C=O) groups is 2. The van der Waals surface area contributed by atoms with Gasteiger partial charge in [-0.3, -0.25) is 14.0 Å². The molecular weight excluding hydrogens is 316 g/mol. The van der Waals surface area contributed by atoms with Crippen LogP contribution >= 0.6 is 11.6 Å². The van der Waals surface area contributed by atoms with E-state index in [1.54, 1.807) is 53.1 Å². The third-order valence-corrected chi connectivity index (χ3v) is 3.92. The molecule has 1 N–H and O–H groups in total. The molecule has 0 saturated carbocycles. The van der Waals surface area contributed by atoms with Gasteiger partial charge in [0.05, 0.1) is 11.4 Å². The lowest BCUT2D eigenvalue weighted by Gasteiger charge is -2.09. The van der Waals surface area contributed by atoms with Crippen LogP contribution in [0.1, 0.15) is 27.7 Å². The highest BCUT2D eigenvalue weighted by Gasteiger charge is 2.23. The zero-order valence-corrected chi connectivity index (χ0v) is 12.8. The van der Waals surface area contributed by atoms with E-state index in [1.807, 2.05) is 0 Å². The van der Waals surface area contributed by atoms with Crippen LogP contribution in [-0.4, -0.2) is 26.7 Å². The first-order valence-corrected chi connectivity index (χ1v) is 7.36. The molecule has 0 saturated heterocycles. The van der Waals surface area contributed by atoms with E-state index in [2.05, 4.69) is 4.98 Å². The highest BCUT2D eigenvalue weighted by atomic mass is 35.5. The number of carbonyl (C=O) groups excluding carboxylic acids is 1. The number of benzene rings is 1. The Bertz CT molecular complexity index is 871. The van der Waals surface area contributed by atoms with Gasteiger partial charge in [0, 0.05) is 11.2 Å². The van der Waals surface area contributed by atoms with E-state index in [-0.39, 0.29) is 0 Å². The van der Waals surface area contributed by atoms with Gasteiger partial charge in [-0.1, -0.05) is 29.8 Å². The molecule has 0 spiro atoms. The summed E-state index contributed by atoms with van der Waals surface area (Å²) in [6, 6.07) is 12.1. The van der Waals surface area contributed by atoms with Crippen LogP contribution < -0.4 is 0 Å². The highest BCUT2D eigenvalue weighted by Crippen LogP contribution is 2.23. The number of carboxylic acids is 1. The Labute approximate surface area is 137 Å². The number of aliphatic carboxylic acids is 1. The number of halogens is 1. The second kappa shape index (κ2) is 6.22. The Hall–Kier alpha value is -2.66. The van der Waals surface area contributed by atoms with Gasteiger partial charge in [-0.05, 0) is 36.2 Å². The quantitative estimate of drug-likeness (QED) is 0.730. The van der Waals surface area contributed by atoms with Gasteiger partial charge in [0.2, 0.25) is 0 Å². The molecule has 6 heteroatoms. The van der Waals surface area contributed by atoms with Crippen molar-refractivity contribution in [3.05, 3.63) is 70.6 Å². The van der Waals surface area contributed by atoms with Crippen molar-refractivity contribution in [1.82, 2.24) is 9.38 Å². The Kier molecular flexibility index (Phi) is 4.12. The van der Waals surface area contributed by atoms with Crippen molar-refractivity contribution in [2.45, 2.75) is 12.3 Å². The van der Waals surface area contributed by atoms with Gasteiger partial charge in [-0.15, -0.1) is 0 Å². The molecule has 3 rings (SSSR count). The van der Waals surface area contributed by atoms with Gasteiger partial charge in [-0.2, -0.15) is 0 Å². The summed E-state index contributed by atoms with van der Waals surface area (Å²) in [7, 11) is 0. The fourth-order valence-corrected chi connectivity index (χ4v) is 2.62. The molecule has 2 aromatic heterocycles. The molecule has 23 heavy (non-hydrogen) atoms. The largest absolute Gasteiger partial charge is 0.481 e. The highest BCUT2D eigenvalue weighted by molar-refractivity contribution is 6.30. The fraction of sp³-hybridized carbons (Fsp3) is 0.118. The summed E-state index contributed by atoms with van der Waals surface area (Å²) in [6.07, 6.45) is 2.62. The van der Waals surface area contributed by atoms with E-state index in [0.717, 1.165) is 5.56 Å². The second-order valence-electron chi connectivity index (χ2n) is 5.18. The Morgan fingerprint density at radius 2 is 2.00 bits per heavy atom. The van der Waals surface area contributed by atoms with E-state index in [4.69, 9.17) is 11.6 Å². The van der Waals surface area contributed by atoms with Crippen molar-refractivity contribution >= 4 is 29.5 Å². The summed E-state index contributed by atoms with van der Waals surface area (Å²) < 4.78 is 1.60. The number of hydrogen-bond donors (Lipinski definition) is 1. The van der Waals surface area contributed by atoms with E-state index in [1.165, 1.54) is 0 Å². The smallest absolute Gasteiger partial charge is 0.312 e. The van der Waals surface area contributed by atoms with E-state index < -0.39 is 11.9 Å². The average Bonchev–Trinajstić information content (AvgIpc) is 2.97. The van der Waals surface area contributed by atoms with Gasteiger partial charge in [0.25, 0.3) is 0 Å². The van der Waals surface area contributed by atoms with Crippen LogP contribution in [0.4, 0.5) is 0 Å². The van der Waals surface area contributed by atoms with Gasteiger partial charge in [0.1, 0.15) is 11.6 Å². The lowest BCUT2D eigenvalue weighted by Crippen LogP contribution is -2.14. The number of hydrogen-bond acceptors (Lipinski definition) is 3. The van der Waals surface area contributed by atoms with Crippen LogP contribution in [0.2, 0.25) is 5.02 Å². The standard InChI is InChI=1S/C17H13ClN2O3/c18-12-6-4-11(5-7-12)8-14(17(22)23)15-9-20-13(10-21)2-1-3-16(20)19-15/h1-7,9-10,14H,8H2,(H,22,23). The number of aromatic nitrogens is 2. The maximum atomic E-state index is 11.7. The molecule has 1 aromatic carbocycles. The van der Waals surface area contributed by atoms with Crippen LogP contribution in [0.5, 0.6) is 0 Å². The molecule has 116 valence electrons. The zero-order valence-electron chi connectivity index (χ0n) is 12.0.